The third kappa shape index (κ3) is 3.75. The number of rotatable bonds is 5. The van der Waals surface area contributed by atoms with Gasteiger partial charge in [0.15, 0.2) is 5.82 Å². The van der Waals surface area contributed by atoms with Crippen LogP contribution in [0.15, 0.2) is 59.4 Å². The number of carbonyl (C=O) groups is 1. The standard InChI is InChI=1S/C22H22N6O3/c29-19(23-14-16-6-2-1-3-7-16)15-27-22(30)28-18-9-5-4-8-17(18)24-20(21(28)25-27)26-10-12-31-13-11-26/h1-9H,10-15H2,(H,23,29). The van der Waals surface area contributed by atoms with Crippen LogP contribution in [0, 0.1) is 0 Å². The molecule has 1 amide bonds. The number of benzene rings is 2. The van der Waals surface area contributed by atoms with Crippen LogP contribution in [0.25, 0.3) is 16.7 Å². The van der Waals surface area contributed by atoms with Crippen molar-refractivity contribution in [3.05, 3.63) is 70.6 Å². The summed E-state index contributed by atoms with van der Waals surface area (Å²) in [4.78, 5) is 32.5. The average Bonchev–Trinajstić information content (AvgIpc) is 3.14. The fourth-order valence-corrected chi connectivity index (χ4v) is 3.76. The van der Waals surface area contributed by atoms with Gasteiger partial charge in [-0.3, -0.25) is 4.79 Å². The van der Waals surface area contributed by atoms with Crippen molar-refractivity contribution in [2.24, 2.45) is 0 Å². The summed E-state index contributed by atoms with van der Waals surface area (Å²) in [6, 6.07) is 17.1. The summed E-state index contributed by atoms with van der Waals surface area (Å²) >= 11 is 0. The van der Waals surface area contributed by atoms with E-state index in [1.165, 1.54) is 9.08 Å². The van der Waals surface area contributed by atoms with Crippen LogP contribution in [0.1, 0.15) is 5.56 Å². The van der Waals surface area contributed by atoms with Crippen molar-refractivity contribution in [1.29, 1.82) is 0 Å². The number of aromatic nitrogens is 4. The van der Waals surface area contributed by atoms with Gasteiger partial charge >= 0.3 is 5.69 Å². The second kappa shape index (κ2) is 8.19. The highest BCUT2D eigenvalue weighted by Crippen LogP contribution is 2.23. The molecule has 9 nitrogen and oxygen atoms in total. The van der Waals surface area contributed by atoms with Crippen LogP contribution in [0.4, 0.5) is 5.82 Å². The fourth-order valence-electron chi connectivity index (χ4n) is 3.76. The Bertz CT molecular complexity index is 1290. The largest absolute Gasteiger partial charge is 0.378 e. The summed E-state index contributed by atoms with van der Waals surface area (Å²) in [5.41, 5.74) is 2.43. The van der Waals surface area contributed by atoms with E-state index in [9.17, 15) is 9.59 Å². The molecule has 0 unspecified atom stereocenters. The highest BCUT2D eigenvalue weighted by Gasteiger charge is 2.22. The van der Waals surface area contributed by atoms with E-state index in [1.54, 1.807) is 0 Å². The van der Waals surface area contributed by atoms with Crippen molar-refractivity contribution in [3.8, 4) is 0 Å². The summed E-state index contributed by atoms with van der Waals surface area (Å²) in [6.07, 6.45) is 0. The third-order valence-corrected chi connectivity index (χ3v) is 5.32. The summed E-state index contributed by atoms with van der Waals surface area (Å²) in [6.45, 7) is 2.75. The predicted molar refractivity (Wildman–Crippen MR) is 116 cm³/mol. The average molecular weight is 418 g/mol. The highest BCUT2D eigenvalue weighted by atomic mass is 16.5. The van der Waals surface area contributed by atoms with E-state index in [1.807, 2.05) is 54.6 Å². The van der Waals surface area contributed by atoms with Gasteiger partial charge in [0, 0.05) is 19.6 Å². The number of hydrogen-bond donors (Lipinski definition) is 1. The van der Waals surface area contributed by atoms with Crippen LogP contribution < -0.4 is 15.9 Å². The monoisotopic (exact) mass is 418 g/mol. The third-order valence-electron chi connectivity index (χ3n) is 5.32. The number of nitrogens with zero attached hydrogens (tertiary/aromatic N) is 5. The fraction of sp³-hybridized carbons (Fsp3) is 0.273. The Morgan fingerprint density at radius 3 is 2.58 bits per heavy atom. The molecule has 9 heteroatoms. The van der Waals surface area contributed by atoms with Crippen LogP contribution in [0.2, 0.25) is 0 Å². The van der Waals surface area contributed by atoms with Gasteiger partial charge in [0.05, 0.1) is 24.2 Å². The lowest BCUT2D eigenvalue weighted by molar-refractivity contribution is -0.122. The van der Waals surface area contributed by atoms with Crippen LogP contribution in [0.5, 0.6) is 0 Å². The van der Waals surface area contributed by atoms with E-state index in [0.29, 0.717) is 55.3 Å². The molecule has 4 aromatic rings. The van der Waals surface area contributed by atoms with Crippen molar-refractivity contribution in [2.75, 3.05) is 31.2 Å². The van der Waals surface area contributed by atoms with Gasteiger partial charge in [-0.05, 0) is 17.7 Å². The quantitative estimate of drug-likeness (QED) is 0.523. The number of morpholine rings is 1. The molecule has 0 bridgehead atoms. The van der Waals surface area contributed by atoms with E-state index < -0.39 is 0 Å². The van der Waals surface area contributed by atoms with Gasteiger partial charge < -0.3 is 15.0 Å². The number of ether oxygens (including phenoxy) is 1. The summed E-state index contributed by atoms with van der Waals surface area (Å²) < 4.78 is 8.19. The first-order chi connectivity index (χ1) is 15.2. The predicted octanol–water partition coefficient (Wildman–Crippen LogP) is 1.20. The van der Waals surface area contributed by atoms with E-state index in [-0.39, 0.29) is 18.1 Å². The van der Waals surface area contributed by atoms with Gasteiger partial charge in [0.1, 0.15) is 6.54 Å². The summed E-state index contributed by atoms with van der Waals surface area (Å²) in [5.74, 6) is 0.349. The van der Waals surface area contributed by atoms with Crippen LogP contribution >= 0.6 is 0 Å². The Balaban J connectivity index is 1.50. The number of amides is 1. The summed E-state index contributed by atoms with van der Waals surface area (Å²) in [7, 11) is 0. The molecular weight excluding hydrogens is 396 g/mol. The van der Waals surface area contributed by atoms with Crippen molar-refractivity contribution >= 4 is 28.4 Å². The molecule has 1 aliphatic rings. The first-order valence-electron chi connectivity index (χ1n) is 10.2. The Morgan fingerprint density at radius 2 is 1.77 bits per heavy atom. The Hall–Kier alpha value is -3.72. The topological polar surface area (TPSA) is 93.8 Å². The van der Waals surface area contributed by atoms with E-state index in [4.69, 9.17) is 9.72 Å². The molecule has 1 N–H and O–H groups in total. The Labute approximate surface area is 177 Å². The van der Waals surface area contributed by atoms with Gasteiger partial charge in [-0.25, -0.2) is 18.9 Å². The molecule has 2 aromatic heterocycles. The molecule has 0 saturated carbocycles. The second-order valence-corrected chi connectivity index (χ2v) is 7.39. The number of para-hydroxylation sites is 2. The molecule has 0 atom stereocenters. The zero-order chi connectivity index (χ0) is 21.2. The SMILES string of the molecule is O=C(Cn1nc2c(N3CCOCC3)nc3ccccc3n2c1=O)NCc1ccccc1. The van der Waals surface area contributed by atoms with Crippen LogP contribution in [0.3, 0.4) is 0 Å². The first-order valence-corrected chi connectivity index (χ1v) is 10.2. The van der Waals surface area contributed by atoms with Crippen molar-refractivity contribution in [3.63, 3.8) is 0 Å². The molecule has 0 aliphatic carbocycles. The molecule has 0 spiro atoms. The second-order valence-electron chi connectivity index (χ2n) is 7.39. The van der Waals surface area contributed by atoms with Crippen molar-refractivity contribution in [1.82, 2.24) is 24.5 Å². The van der Waals surface area contributed by atoms with Crippen molar-refractivity contribution in [2.45, 2.75) is 13.1 Å². The van der Waals surface area contributed by atoms with Gasteiger partial charge in [0.25, 0.3) is 0 Å². The molecule has 1 fully saturated rings. The minimum absolute atomic E-state index is 0.162. The lowest BCUT2D eigenvalue weighted by atomic mass is 10.2. The normalized spacial score (nSPS) is 14.3. The van der Waals surface area contributed by atoms with Gasteiger partial charge in [-0.1, -0.05) is 42.5 Å². The minimum Gasteiger partial charge on any atom is -0.378 e. The molecule has 1 saturated heterocycles. The van der Waals surface area contributed by atoms with Gasteiger partial charge in [-0.2, -0.15) is 0 Å². The molecule has 31 heavy (non-hydrogen) atoms. The Kier molecular flexibility index (Phi) is 5.09. The molecule has 5 rings (SSSR count). The summed E-state index contributed by atoms with van der Waals surface area (Å²) in [5, 5.41) is 7.34. The van der Waals surface area contributed by atoms with Crippen LogP contribution in [-0.4, -0.2) is 51.4 Å². The first kappa shape index (κ1) is 19.3. The van der Waals surface area contributed by atoms with Crippen LogP contribution in [-0.2, 0) is 22.6 Å². The van der Waals surface area contributed by atoms with E-state index >= 15 is 0 Å². The van der Waals surface area contributed by atoms with Gasteiger partial charge in [0.2, 0.25) is 11.6 Å². The number of anilines is 1. The van der Waals surface area contributed by atoms with Gasteiger partial charge in [-0.15, -0.1) is 5.10 Å². The zero-order valence-electron chi connectivity index (χ0n) is 16.9. The lowest BCUT2D eigenvalue weighted by Crippen LogP contribution is -2.37. The zero-order valence-corrected chi connectivity index (χ0v) is 16.9. The van der Waals surface area contributed by atoms with E-state index in [0.717, 1.165) is 5.56 Å². The molecule has 0 radical (unpaired) electrons. The van der Waals surface area contributed by atoms with E-state index in [2.05, 4.69) is 15.3 Å². The number of fused-ring (bicyclic) bond motifs is 3. The van der Waals surface area contributed by atoms with Crippen molar-refractivity contribution < 1.29 is 9.53 Å². The minimum atomic E-state index is -0.363. The molecule has 2 aromatic carbocycles. The maximum absolute atomic E-state index is 13.2. The number of nitrogens with one attached hydrogen (secondary N) is 1. The highest BCUT2D eigenvalue weighted by molar-refractivity contribution is 5.83. The maximum Gasteiger partial charge on any atom is 0.351 e. The smallest absolute Gasteiger partial charge is 0.351 e. The molecular formula is C22H22N6O3. The molecule has 158 valence electrons. The molecule has 1 aliphatic heterocycles. The maximum atomic E-state index is 13.2. The number of hydrogen-bond acceptors (Lipinski definition) is 6. The molecule has 3 heterocycles. The Morgan fingerprint density at radius 1 is 1.03 bits per heavy atom. The lowest BCUT2D eigenvalue weighted by Gasteiger charge is -2.27. The number of carbonyl (C=O) groups excluding carboxylic acids is 1.